The van der Waals surface area contributed by atoms with Gasteiger partial charge in [0.15, 0.2) is 0 Å². The zero-order valence-electron chi connectivity index (χ0n) is 11.7. The van der Waals surface area contributed by atoms with Crippen molar-refractivity contribution in [2.75, 3.05) is 13.6 Å². The number of sulfonamides is 1. The molecule has 1 heterocycles. The van der Waals surface area contributed by atoms with Crippen molar-refractivity contribution in [2.45, 2.75) is 50.6 Å². The first-order chi connectivity index (χ1) is 8.96. The van der Waals surface area contributed by atoms with Crippen LogP contribution in [0.5, 0.6) is 0 Å². The highest BCUT2D eigenvalue weighted by Gasteiger charge is 2.29. The Morgan fingerprint density at radius 2 is 2.16 bits per heavy atom. The van der Waals surface area contributed by atoms with Gasteiger partial charge < -0.3 is 5.32 Å². The number of rotatable bonds is 7. The molecule has 108 valence electrons. The SMILES string of the molecule is CCCN(C)S(=O)(=O)c1c(CNC2CC2)n[nH]c1C. The van der Waals surface area contributed by atoms with Crippen molar-refractivity contribution in [2.24, 2.45) is 0 Å². The van der Waals surface area contributed by atoms with Crippen LogP contribution in [0, 0.1) is 6.92 Å². The molecule has 2 N–H and O–H groups in total. The molecule has 0 spiro atoms. The van der Waals surface area contributed by atoms with E-state index >= 15 is 0 Å². The van der Waals surface area contributed by atoms with E-state index in [0.29, 0.717) is 35.4 Å². The summed E-state index contributed by atoms with van der Waals surface area (Å²) in [4.78, 5) is 0.330. The summed E-state index contributed by atoms with van der Waals surface area (Å²) in [7, 11) is -1.83. The van der Waals surface area contributed by atoms with Gasteiger partial charge in [0.05, 0.1) is 11.4 Å². The van der Waals surface area contributed by atoms with Crippen molar-refractivity contribution in [3.05, 3.63) is 11.4 Å². The summed E-state index contributed by atoms with van der Waals surface area (Å²) >= 11 is 0. The van der Waals surface area contributed by atoms with E-state index in [1.807, 2.05) is 6.92 Å². The zero-order valence-corrected chi connectivity index (χ0v) is 12.5. The van der Waals surface area contributed by atoms with Gasteiger partial charge in [0, 0.05) is 26.2 Å². The van der Waals surface area contributed by atoms with Gasteiger partial charge in [-0.3, -0.25) is 5.10 Å². The third-order valence-corrected chi connectivity index (χ3v) is 5.36. The van der Waals surface area contributed by atoms with Gasteiger partial charge in [0.25, 0.3) is 0 Å². The lowest BCUT2D eigenvalue weighted by Crippen LogP contribution is -2.29. The standard InChI is InChI=1S/C12H22N4O2S/c1-4-7-16(3)19(17,18)12-9(2)14-15-11(12)8-13-10-5-6-10/h10,13H,4-8H2,1-3H3,(H,14,15). The van der Waals surface area contributed by atoms with E-state index in [0.717, 1.165) is 6.42 Å². The number of hydrogen-bond acceptors (Lipinski definition) is 4. The molecule has 0 bridgehead atoms. The fourth-order valence-electron chi connectivity index (χ4n) is 2.05. The van der Waals surface area contributed by atoms with Crippen molar-refractivity contribution in [1.29, 1.82) is 0 Å². The quantitative estimate of drug-likeness (QED) is 0.784. The van der Waals surface area contributed by atoms with Crippen molar-refractivity contribution in [1.82, 2.24) is 19.8 Å². The van der Waals surface area contributed by atoms with Crippen molar-refractivity contribution in [3.63, 3.8) is 0 Å². The zero-order chi connectivity index (χ0) is 14.0. The number of aryl methyl sites for hydroxylation is 1. The highest BCUT2D eigenvalue weighted by atomic mass is 32.2. The number of nitrogens with zero attached hydrogens (tertiary/aromatic N) is 2. The summed E-state index contributed by atoms with van der Waals surface area (Å²) in [5, 5.41) is 10.2. The second-order valence-corrected chi connectivity index (χ2v) is 7.09. The number of H-pyrrole nitrogens is 1. The van der Waals surface area contributed by atoms with Crippen molar-refractivity contribution in [3.8, 4) is 0 Å². The molecular formula is C12H22N4O2S. The molecule has 6 nitrogen and oxygen atoms in total. The highest BCUT2D eigenvalue weighted by molar-refractivity contribution is 7.89. The van der Waals surface area contributed by atoms with Crippen LogP contribution in [-0.4, -0.2) is 42.6 Å². The highest BCUT2D eigenvalue weighted by Crippen LogP contribution is 2.23. The molecule has 1 saturated carbocycles. The van der Waals surface area contributed by atoms with Crippen molar-refractivity contribution < 1.29 is 8.42 Å². The summed E-state index contributed by atoms with van der Waals surface area (Å²) < 4.78 is 26.4. The van der Waals surface area contributed by atoms with E-state index in [2.05, 4.69) is 15.5 Å². The first-order valence-electron chi connectivity index (χ1n) is 6.70. The minimum absolute atomic E-state index is 0.330. The number of nitrogens with one attached hydrogen (secondary N) is 2. The average Bonchev–Trinajstić information content (AvgIpc) is 3.10. The van der Waals surface area contributed by atoms with Gasteiger partial charge in [-0.25, -0.2) is 12.7 Å². The van der Waals surface area contributed by atoms with Gasteiger partial charge in [0.1, 0.15) is 4.90 Å². The number of aromatic amines is 1. The third kappa shape index (κ3) is 3.16. The topological polar surface area (TPSA) is 78.1 Å². The molecule has 0 aliphatic heterocycles. The van der Waals surface area contributed by atoms with E-state index < -0.39 is 10.0 Å². The molecule has 2 rings (SSSR count). The Morgan fingerprint density at radius 1 is 1.47 bits per heavy atom. The Labute approximate surface area is 114 Å². The number of hydrogen-bond donors (Lipinski definition) is 2. The third-order valence-electron chi connectivity index (χ3n) is 3.30. The van der Waals surface area contributed by atoms with E-state index in [1.54, 1.807) is 14.0 Å². The first kappa shape index (κ1) is 14.5. The molecule has 0 amide bonds. The Morgan fingerprint density at radius 3 is 2.74 bits per heavy atom. The molecule has 0 saturated heterocycles. The molecule has 0 radical (unpaired) electrons. The maximum absolute atomic E-state index is 12.5. The normalized spacial score (nSPS) is 16.2. The van der Waals surface area contributed by atoms with Crippen LogP contribution in [0.3, 0.4) is 0 Å². The molecule has 1 aliphatic rings. The molecule has 1 aromatic heterocycles. The maximum atomic E-state index is 12.5. The predicted molar refractivity (Wildman–Crippen MR) is 73.3 cm³/mol. The average molecular weight is 286 g/mol. The lowest BCUT2D eigenvalue weighted by molar-refractivity contribution is 0.466. The van der Waals surface area contributed by atoms with Crippen LogP contribution in [0.25, 0.3) is 0 Å². The second-order valence-electron chi connectivity index (χ2n) is 5.11. The van der Waals surface area contributed by atoms with Crippen LogP contribution in [0.1, 0.15) is 37.6 Å². The van der Waals surface area contributed by atoms with Crippen LogP contribution in [0.15, 0.2) is 4.90 Å². The Balaban J connectivity index is 2.23. The number of aromatic nitrogens is 2. The summed E-state index contributed by atoms with van der Waals surface area (Å²) in [5.41, 5.74) is 1.20. The lowest BCUT2D eigenvalue weighted by atomic mass is 10.3. The van der Waals surface area contributed by atoms with Crippen LogP contribution in [0.4, 0.5) is 0 Å². The minimum atomic E-state index is -3.45. The fourth-order valence-corrected chi connectivity index (χ4v) is 3.63. The van der Waals surface area contributed by atoms with E-state index in [9.17, 15) is 8.42 Å². The maximum Gasteiger partial charge on any atom is 0.246 e. The van der Waals surface area contributed by atoms with Crippen molar-refractivity contribution >= 4 is 10.0 Å². The van der Waals surface area contributed by atoms with Gasteiger partial charge in [0.2, 0.25) is 10.0 Å². The fraction of sp³-hybridized carbons (Fsp3) is 0.750. The second kappa shape index (κ2) is 5.60. The Kier molecular flexibility index (Phi) is 4.27. The molecule has 1 aromatic rings. The molecule has 0 aromatic carbocycles. The van der Waals surface area contributed by atoms with Crippen LogP contribution in [-0.2, 0) is 16.6 Å². The van der Waals surface area contributed by atoms with E-state index in [4.69, 9.17) is 0 Å². The summed E-state index contributed by atoms with van der Waals surface area (Å²) in [5.74, 6) is 0. The minimum Gasteiger partial charge on any atom is -0.308 e. The van der Waals surface area contributed by atoms with Gasteiger partial charge in [-0.05, 0) is 26.2 Å². The molecule has 1 aliphatic carbocycles. The molecular weight excluding hydrogens is 264 g/mol. The van der Waals surface area contributed by atoms with Crippen LogP contribution in [0.2, 0.25) is 0 Å². The molecule has 0 atom stereocenters. The van der Waals surface area contributed by atoms with E-state index in [1.165, 1.54) is 17.1 Å². The first-order valence-corrected chi connectivity index (χ1v) is 8.14. The van der Waals surface area contributed by atoms with Gasteiger partial charge in [-0.15, -0.1) is 0 Å². The van der Waals surface area contributed by atoms with Gasteiger partial charge >= 0.3 is 0 Å². The summed E-state index contributed by atoms with van der Waals surface area (Å²) in [6.45, 7) is 4.73. The smallest absolute Gasteiger partial charge is 0.246 e. The monoisotopic (exact) mass is 286 g/mol. The molecule has 0 unspecified atom stereocenters. The Bertz CT molecular complexity index is 534. The molecule has 7 heteroatoms. The molecule has 1 fully saturated rings. The Hall–Kier alpha value is -0.920. The summed E-state index contributed by atoms with van der Waals surface area (Å²) in [6, 6.07) is 0.529. The molecule has 19 heavy (non-hydrogen) atoms. The van der Waals surface area contributed by atoms with E-state index in [-0.39, 0.29) is 0 Å². The largest absolute Gasteiger partial charge is 0.308 e. The van der Waals surface area contributed by atoms with Crippen LogP contribution < -0.4 is 5.32 Å². The summed E-state index contributed by atoms with van der Waals surface area (Å²) in [6.07, 6.45) is 3.13. The van der Waals surface area contributed by atoms with Crippen LogP contribution >= 0.6 is 0 Å². The lowest BCUT2D eigenvalue weighted by Gasteiger charge is -2.16. The van der Waals surface area contributed by atoms with Gasteiger partial charge in [-0.1, -0.05) is 6.92 Å². The van der Waals surface area contributed by atoms with Gasteiger partial charge in [-0.2, -0.15) is 5.10 Å². The predicted octanol–water partition coefficient (Wildman–Crippen LogP) is 1.00.